The minimum absolute atomic E-state index is 0.0347. The van der Waals surface area contributed by atoms with E-state index in [0.717, 1.165) is 0 Å². The van der Waals surface area contributed by atoms with Crippen LogP contribution in [0, 0.1) is 10.1 Å². The summed E-state index contributed by atoms with van der Waals surface area (Å²) in [6.45, 7) is 0. The monoisotopic (exact) mass is 270 g/mol. The van der Waals surface area contributed by atoms with Crippen LogP contribution in [0.2, 0.25) is 0 Å². The lowest BCUT2D eigenvalue weighted by molar-refractivity contribution is -0.384. The molecule has 7 heteroatoms. The van der Waals surface area contributed by atoms with E-state index in [0.29, 0.717) is 11.1 Å². The van der Waals surface area contributed by atoms with E-state index in [2.05, 4.69) is 15.5 Å². The van der Waals surface area contributed by atoms with Gasteiger partial charge in [0.15, 0.2) is 0 Å². The van der Waals surface area contributed by atoms with Crippen LogP contribution >= 0.6 is 0 Å². The largest absolute Gasteiger partial charge is 0.272 e. The Bertz CT molecular complexity index is 656. The predicted molar refractivity (Wildman–Crippen MR) is 72.4 cm³/mol. The topological polar surface area (TPSA) is 97.5 Å². The third kappa shape index (κ3) is 3.45. The van der Waals surface area contributed by atoms with E-state index in [9.17, 15) is 14.9 Å². The van der Waals surface area contributed by atoms with Crippen molar-refractivity contribution in [2.45, 2.75) is 0 Å². The number of pyridine rings is 1. The Labute approximate surface area is 114 Å². The van der Waals surface area contributed by atoms with Gasteiger partial charge < -0.3 is 0 Å². The molecule has 0 fully saturated rings. The van der Waals surface area contributed by atoms with E-state index in [-0.39, 0.29) is 5.69 Å². The number of hydrazone groups is 1. The number of nitro groups is 1. The molecule has 7 nitrogen and oxygen atoms in total. The Balaban J connectivity index is 2.02. The highest BCUT2D eigenvalue weighted by molar-refractivity contribution is 5.94. The fraction of sp³-hybridized carbons (Fsp3) is 0. The van der Waals surface area contributed by atoms with E-state index in [1.54, 1.807) is 30.5 Å². The molecule has 0 spiro atoms. The Morgan fingerprint density at radius 2 is 2.20 bits per heavy atom. The molecule has 0 unspecified atom stereocenters. The first-order valence-corrected chi connectivity index (χ1v) is 5.65. The van der Waals surface area contributed by atoms with E-state index >= 15 is 0 Å². The molecule has 0 aliphatic heterocycles. The van der Waals surface area contributed by atoms with Crippen molar-refractivity contribution in [2.24, 2.45) is 5.10 Å². The standard InChI is InChI=1S/C13H10N4O3/c18-13(11-4-2-6-14-9-11)16-15-8-10-3-1-5-12(7-10)17(19)20/h1-9H,(H,16,18)/b15-8-. The number of carbonyl (C=O) groups excluding carboxylic acids is 1. The fourth-order valence-corrected chi connectivity index (χ4v) is 1.45. The van der Waals surface area contributed by atoms with Crippen molar-refractivity contribution < 1.29 is 9.72 Å². The molecular formula is C13H10N4O3. The molecule has 100 valence electrons. The highest BCUT2D eigenvalue weighted by Gasteiger charge is 2.05. The average molecular weight is 270 g/mol. The molecule has 0 aliphatic carbocycles. The molecule has 0 atom stereocenters. The first-order chi connectivity index (χ1) is 9.66. The number of hydrogen-bond donors (Lipinski definition) is 1. The summed E-state index contributed by atoms with van der Waals surface area (Å²) in [7, 11) is 0. The Hall–Kier alpha value is -3.09. The normalized spacial score (nSPS) is 10.4. The molecule has 20 heavy (non-hydrogen) atoms. The molecule has 2 rings (SSSR count). The predicted octanol–water partition coefficient (Wildman–Crippen LogP) is 1.75. The summed E-state index contributed by atoms with van der Waals surface area (Å²) in [4.78, 5) is 25.6. The van der Waals surface area contributed by atoms with Crippen LogP contribution in [0.15, 0.2) is 53.9 Å². The highest BCUT2D eigenvalue weighted by atomic mass is 16.6. The lowest BCUT2D eigenvalue weighted by Crippen LogP contribution is -2.17. The zero-order valence-electron chi connectivity index (χ0n) is 10.3. The third-order valence-electron chi connectivity index (χ3n) is 2.38. The number of benzene rings is 1. The van der Waals surface area contributed by atoms with Gasteiger partial charge in [0.1, 0.15) is 0 Å². The SMILES string of the molecule is O=C(N/N=C\c1cccc([N+](=O)[O-])c1)c1cccnc1. The number of non-ortho nitro benzene ring substituents is 1. The molecule has 1 amide bonds. The van der Waals surface area contributed by atoms with Gasteiger partial charge in [-0.3, -0.25) is 19.9 Å². The second-order valence-corrected chi connectivity index (χ2v) is 3.79. The number of nitrogens with one attached hydrogen (secondary N) is 1. The maximum atomic E-state index is 11.6. The lowest BCUT2D eigenvalue weighted by Gasteiger charge is -1.98. The molecule has 1 aromatic carbocycles. The van der Waals surface area contributed by atoms with E-state index in [4.69, 9.17) is 0 Å². The Morgan fingerprint density at radius 1 is 1.35 bits per heavy atom. The van der Waals surface area contributed by atoms with Crippen LogP contribution in [0.1, 0.15) is 15.9 Å². The maximum Gasteiger partial charge on any atom is 0.272 e. The Kier molecular flexibility index (Phi) is 4.13. The Morgan fingerprint density at radius 3 is 2.90 bits per heavy atom. The number of carbonyl (C=O) groups is 1. The third-order valence-corrected chi connectivity index (χ3v) is 2.38. The smallest absolute Gasteiger partial charge is 0.267 e. The number of rotatable bonds is 4. The molecule has 0 radical (unpaired) electrons. The van der Waals surface area contributed by atoms with Crippen LogP contribution < -0.4 is 5.43 Å². The molecule has 0 saturated carbocycles. The lowest BCUT2D eigenvalue weighted by atomic mass is 10.2. The van der Waals surface area contributed by atoms with Crippen molar-refractivity contribution in [3.8, 4) is 0 Å². The van der Waals surface area contributed by atoms with Gasteiger partial charge in [-0.05, 0) is 12.1 Å². The van der Waals surface area contributed by atoms with Gasteiger partial charge in [-0.25, -0.2) is 5.43 Å². The van der Waals surface area contributed by atoms with E-state index in [1.165, 1.54) is 24.5 Å². The number of aromatic nitrogens is 1. The summed E-state index contributed by atoms with van der Waals surface area (Å²) in [6.07, 6.45) is 4.31. The van der Waals surface area contributed by atoms with Gasteiger partial charge in [-0.15, -0.1) is 0 Å². The molecule has 0 saturated heterocycles. The maximum absolute atomic E-state index is 11.6. The van der Waals surface area contributed by atoms with Crippen molar-refractivity contribution in [1.29, 1.82) is 0 Å². The molecule has 0 aliphatic rings. The second-order valence-electron chi connectivity index (χ2n) is 3.79. The zero-order chi connectivity index (χ0) is 14.4. The van der Waals surface area contributed by atoms with E-state index < -0.39 is 10.8 Å². The van der Waals surface area contributed by atoms with Crippen molar-refractivity contribution in [3.05, 3.63) is 70.0 Å². The zero-order valence-corrected chi connectivity index (χ0v) is 10.3. The van der Waals surface area contributed by atoms with Gasteiger partial charge in [-0.2, -0.15) is 5.10 Å². The summed E-state index contributed by atoms with van der Waals surface area (Å²) in [5.41, 5.74) is 3.18. The van der Waals surface area contributed by atoms with Gasteiger partial charge in [0.25, 0.3) is 11.6 Å². The van der Waals surface area contributed by atoms with Crippen molar-refractivity contribution in [1.82, 2.24) is 10.4 Å². The highest BCUT2D eigenvalue weighted by Crippen LogP contribution is 2.11. The summed E-state index contributed by atoms with van der Waals surface area (Å²) in [5.74, 6) is -0.403. The van der Waals surface area contributed by atoms with Crippen molar-refractivity contribution in [2.75, 3.05) is 0 Å². The molecule has 1 aromatic heterocycles. The van der Waals surface area contributed by atoms with Gasteiger partial charge in [0, 0.05) is 30.1 Å². The molecule has 2 aromatic rings. The van der Waals surface area contributed by atoms with Gasteiger partial charge in [0.2, 0.25) is 0 Å². The number of hydrogen-bond acceptors (Lipinski definition) is 5. The quantitative estimate of drug-likeness (QED) is 0.520. The number of nitro benzene ring substituents is 1. The van der Waals surface area contributed by atoms with Crippen molar-refractivity contribution in [3.63, 3.8) is 0 Å². The van der Waals surface area contributed by atoms with Gasteiger partial charge in [-0.1, -0.05) is 12.1 Å². The van der Waals surface area contributed by atoms with Crippen LogP contribution in [-0.2, 0) is 0 Å². The fourth-order valence-electron chi connectivity index (χ4n) is 1.45. The first kappa shape index (κ1) is 13.3. The molecule has 0 bridgehead atoms. The molecular weight excluding hydrogens is 260 g/mol. The first-order valence-electron chi connectivity index (χ1n) is 5.65. The van der Waals surface area contributed by atoms with Crippen molar-refractivity contribution >= 4 is 17.8 Å². The summed E-state index contributed by atoms with van der Waals surface area (Å²) in [5, 5.41) is 14.3. The minimum Gasteiger partial charge on any atom is -0.267 e. The summed E-state index contributed by atoms with van der Waals surface area (Å²) in [6, 6.07) is 9.17. The van der Waals surface area contributed by atoms with Crippen LogP contribution in [-0.4, -0.2) is 22.0 Å². The minimum atomic E-state index is -0.494. The number of amides is 1. The second kappa shape index (κ2) is 6.19. The van der Waals surface area contributed by atoms with Crippen LogP contribution in [0.4, 0.5) is 5.69 Å². The van der Waals surface area contributed by atoms with Crippen LogP contribution in [0.25, 0.3) is 0 Å². The average Bonchev–Trinajstić information content (AvgIpc) is 2.48. The molecule has 1 N–H and O–H groups in total. The van der Waals surface area contributed by atoms with E-state index in [1.807, 2.05) is 0 Å². The van der Waals surface area contributed by atoms with Crippen LogP contribution in [0.3, 0.4) is 0 Å². The molecule has 1 heterocycles. The van der Waals surface area contributed by atoms with Gasteiger partial charge >= 0.3 is 0 Å². The van der Waals surface area contributed by atoms with Crippen LogP contribution in [0.5, 0.6) is 0 Å². The summed E-state index contributed by atoms with van der Waals surface area (Å²) >= 11 is 0. The summed E-state index contributed by atoms with van der Waals surface area (Å²) < 4.78 is 0. The van der Waals surface area contributed by atoms with Gasteiger partial charge in [0.05, 0.1) is 16.7 Å². The number of nitrogens with zero attached hydrogens (tertiary/aromatic N) is 3.